The molecule has 0 fully saturated rings. The van der Waals surface area contributed by atoms with E-state index in [1.54, 1.807) is 18.4 Å². The van der Waals surface area contributed by atoms with Crippen LogP contribution in [0.5, 0.6) is 0 Å². The number of rotatable bonds is 7. The van der Waals surface area contributed by atoms with Crippen LogP contribution < -0.4 is 10.6 Å². The Hall–Kier alpha value is -0.410. The Labute approximate surface area is 143 Å². The molecule has 0 atom stereocenters. The van der Waals surface area contributed by atoms with Crippen molar-refractivity contribution in [2.75, 3.05) is 40.3 Å². The highest BCUT2D eigenvalue weighted by molar-refractivity contribution is 14.0. The maximum absolute atomic E-state index is 4.44. The van der Waals surface area contributed by atoms with Gasteiger partial charge >= 0.3 is 0 Å². The summed E-state index contributed by atoms with van der Waals surface area (Å²) in [7, 11) is 3.91. The molecule has 0 amide bonds. The van der Waals surface area contributed by atoms with Gasteiger partial charge in [-0.05, 0) is 20.5 Å². The first-order valence-corrected chi connectivity index (χ1v) is 7.57. The second-order valence-electron chi connectivity index (χ2n) is 4.43. The Morgan fingerprint density at radius 1 is 1.40 bits per heavy atom. The lowest BCUT2D eigenvalue weighted by Crippen LogP contribution is -2.41. The second-order valence-corrected chi connectivity index (χ2v) is 5.49. The van der Waals surface area contributed by atoms with E-state index in [0.717, 1.165) is 49.3 Å². The summed E-state index contributed by atoms with van der Waals surface area (Å²) in [6.45, 7) is 8.03. The molecule has 116 valence electrons. The van der Waals surface area contributed by atoms with Crippen LogP contribution in [0.3, 0.4) is 0 Å². The maximum Gasteiger partial charge on any atom is 0.191 e. The topological polar surface area (TPSA) is 52.5 Å². The minimum Gasteiger partial charge on any atom is -0.356 e. The minimum absolute atomic E-state index is 0. The van der Waals surface area contributed by atoms with Gasteiger partial charge in [0.2, 0.25) is 0 Å². The van der Waals surface area contributed by atoms with E-state index in [1.165, 1.54) is 0 Å². The van der Waals surface area contributed by atoms with Crippen molar-refractivity contribution in [2.24, 2.45) is 4.99 Å². The molecule has 0 bridgehead atoms. The van der Waals surface area contributed by atoms with Gasteiger partial charge in [0.05, 0.1) is 10.7 Å². The zero-order chi connectivity index (χ0) is 14.1. The highest BCUT2D eigenvalue weighted by Gasteiger charge is 2.01. The first-order chi connectivity index (χ1) is 9.15. The third-order valence-electron chi connectivity index (χ3n) is 2.89. The van der Waals surface area contributed by atoms with Crippen LogP contribution in [0.15, 0.2) is 10.4 Å². The molecule has 0 aliphatic heterocycles. The highest BCUT2D eigenvalue weighted by Crippen LogP contribution is 2.07. The van der Waals surface area contributed by atoms with Crippen LogP contribution in [-0.2, 0) is 6.42 Å². The molecule has 20 heavy (non-hydrogen) atoms. The van der Waals surface area contributed by atoms with Crippen LogP contribution >= 0.6 is 35.3 Å². The number of likely N-dealkylation sites (N-methyl/N-ethyl adjacent to an activating group) is 1. The van der Waals surface area contributed by atoms with Crippen LogP contribution in [0.2, 0.25) is 0 Å². The Kier molecular flexibility index (Phi) is 11.0. The molecule has 2 N–H and O–H groups in total. The van der Waals surface area contributed by atoms with Crippen molar-refractivity contribution in [1.29, 1.82) is 0 Å². The van der Waals surface area contributed by atoms with E-state index in [9.17, 15) is 0 Å². The van der Waals surface area contributed by atoms with Gasteiger partial charge in [0.1, 0.15) is 0 Å². The Morgan fingerprint density at radius 2 is 2.10 bits per heavy atom. The lowest BCUT2D eigenvalue weighted by Gasteiger charge is -2.16. The molecule has 0 aromatic carbocycles. The molecule has 5 nitrogen and oxygen atoms in total. The molecule has 7 heteroatoms. The molecule has 0 spiro atoms. The van der Waals surface area contributed by atoms with E-state index in [4.69, 9.17) is 0 Å². The second kappa shape index (κ2) is 11.3. The molecule has 1 aromatic heterocycles. The van der Waals surface area contributed by atoms with Crippen molar-refractivity contribution in [3.8, 4) is 0 Å². The summed E-state index contributed by atoms with van der Waals surface area (Å²) in [5.74, 6) is 0.858. The molecule has 0 aliphatic rings. The summed E-state index contributed by atoms with van der Waals surface area (Å²) in [5.41, 5.74) is 1.15. The van der Waals surface area contributed by atoms with Gasteiger partial charge in [-0.25, -0.2) is 4.98 Å². The van der Waals surface area contributed by atoms with Crippen molar-refractivity contribution < 1.29 is 0 Å². The predicted octanol–water partition coefficient (Wildman–Crippen LogP) is 1.73. The number of nitrogens with zero attached hydrogens (tertiary/aromatic N) is 3. The van der Waals surface area contributed by atoms with Gasteiger partial charge in [-0.3, -0.25) is 4.99 Å². The number of thiazole rings is 1. The molecule has 0 saturated carbocycles. The number of nitrogens with one attached hydrogen (secondary N) is 2. The number of aryl methyl sites for hydroxylation is 1. The van der Waals surface area contributed by atoms with Crippen molar-refractivity contribution in [3.05, 3.63) is 16.1 Å². The summed E-state index contributed by atoms with van der Waals surface area (Å²) in [6, 6.07) is 0. The van der Waals surface area contributed by atoms with E-state index in [2.05, 4.69) is 44.9 Å². The van der Waals surface area contributed by atoms with Crippen LogP contribution in [0, 0.1) is 6.92 Å². The summed E-state index contributed by atoms with van der Waals surface area (Å²) < 4.78 is 0. The van der Waals surface area contributed by atoms with Crippen LogP contribution in [0.1, 0.15) is 17.6 Å². The highest BCUT2D eigenvalue weighted by atomic mass is 127. The fourth-order valence-corrected chi connectivity index (χ4v) is 2.22. The van der Waals surface area contributed by atoms with Crippen molar-refractivity contribution in [1.82, 2.24) is 20.5 Å². The molecular weight excluding hydrogens is 385 g/mol. The summed E-state index contributed by atoms with van der Waals surface area (Å²) in [5, 5.41) is 9.85. The molecule has 0 aliphatic carbocycles. The Balaban J connectivity index is 0.00000361. The maximum atomic E-state index is 4.44. The van der Waals surface area contributed by atoms with E-state index in [-0.39, 0.29) is 24.0 Å². The SMILES string of the molecule is CCN(C)CCNC(=NC)NCCc1csc(C)n1.I. The number of aromatic nitrogens is 1. The van der Waals surface area contributed by atoms with E-state index >= 15 is 0 Å². The fraction of sp³-hybridized carbons (Fsp3) is 0.692. The number of halogens is 1. The first kappa shape index (κ1) is 19.6. The molecule has 0 radical (unpaired) electrons. The zero-order valence-electron chi connectivity index (χ0n) is 12.8. The van der Waals surface area contributed by atoms with Crippen molar-refractivity contribution >= 4 is 41.3 Å². The molecule has 1 aromatic rings. The number of hydrogen-bond donors (Lipinski definition) is 2. The Morgan fingerprint density at radius 3 is 2.65 bits per heavy atom. The Bertz CT molecular complexity index is 394. The number of hydrogen-bond acceptors (Lipinski definition) is 4. The van der Waals surface area contributed by atoms with E-state index < -0.39 is 0 Å². The van der Waals surface area contributed by atoms with E-state index in [0.29, 0.717) is 0 Å². The number of aliphatic imine (C=N–C) groups is 1. The number of guanidine groups is 1. The monoisotopic (exact) mass is 411 g/mol. The summed E-state index contributed by atoms with van der Waals surface area (Å²) in [6.07, 6.45) is 0.930. The average molecular weight is 411 g/mol. The van der Waals surface area contributed by atoms with Crippen LogP contribution in [0.25, 0.3) is 0 Å². The largest absolute Gasteiger partial charge is 0.356 e. The lowest BCUT2D eigenvalue weighted by atomic mass is 10.3. The zero-order valence-corrected chi connectivity index (χ0v) is 15.9. The predicted molar refractivity (Wildman–Crippen MR) is 98.5 cm³/mol. The smallest absolute Gasteiger partial charge is 0.191 e. The molecule has 1 rings (SSSR count). The van der Waals surface area contributed by atoms with Gasteiger partial charge in [-0.2, -0.15) is 0 Å². The van der Waals surface area contributed by atoms with Crippen molar-refractivity contribution in [2.45, 2.75) is 20.3 Å². The van der Waals surface area contributed by atoms with Gasteiger partial charge in [0, 0.05) is 38.5 Å². The normalized spacial score (nSPS) is 11.3. The van der Waals surface area contributed by atoms with Crippen LogP contribution in [-0.4, -0.2) is 56.1 Å². The quantitative estimate of drug-likeness (QED) is 0.408. The van der Waals surface area contributed by atoms with Gasteiger partial charge in [0.15, 0.2) is 5.96 Å². The van der Waals surface area contributed by atoms with Gasteiger partial charge in [0.25, 0.3) is 0 Å². The average Bonchev–Trinajstić information content (AvgIpc) is 2.82. The molecular formula is C13H26IN5S. The molecule has 0 saturated heterocycles. The van der Waals surface area contributed by atoms with Crippen LogP contribution in [0.4, 0.5) is 0 Å². The van der Waals surface area contributed by atoms with E-state index in [1.807, 2.05) is 6.92 Å². The summed E-state index contributed by atoms with van der Waals surface area (Å²) >= 11 is 1.70. The minimum atomic E-state index is 0. The molecule has 1 heterocycles. The fourth-order valence-electron chi connectivity index (χ4n) is 1.58. The standard InChI is InChI=1S/C13H25N5S.HI/c1-5-18(4)9-8-16-13(14-3)15-7-6-12-10-19-11(2)17-12;/h10H,5-9H2,1-4H3,(H2,14,15,16);1H. The third-order valence-corrected chi connectivity index (χ3v) is 3.71. The lowest BCUT2D eigenvalue weighted by molar-refractivity contribution is 0.357. The first-order valence-electron chi connectivity index (χ1n) is 6.69. The van der Waals surface area contributed by atoms with Gasteiger partial charge in [-0.15, -0.1) is 35.3 Å². The van der Waals surface area contributed by atoms with Crippen molar-refractivity contribution in [3.63, 3.8) is 0 Å². The third kappa shape index (κ3) is 8.01. The summed E-state index contributed by atoms with van der Waals surface area (Å²) in [4.78, 5) is 10.9. The van der Waals surface area contributed by atoms with Gasteiger partial charge in [-0.1, -0.05) is 6.92 Å². The molecule has 0 unspecified atom stereocenters. The van der Waals surface area contributed by atoms with Gasteiger partial charge < -0.3 is 15.5 Å².